The first kappa shape index (κ1) is 13.7. The smallest absolute Gasteiger partial charge is 0.238 e. The Morgan fingerprint density at radius 3 is 2.83 bits per heavy atom. The second-order valence-electron chi connectivity index (χ2n) is 4.58. The Hall–Kier alpha value is -0.720. The molecule has 18 heavy (non-hydrogen) atoms. The van der Waals surface area contributed by atoms with E-state index in [2.05, 4.69) is 5.32 Å². The molecule has 1 aromatic carbocycles. The van der Waals surface area contributed by atoms with Crippen molar-refractivity contribution in [1.82, 2.24) is 0 Å². The Kier molecular flexibility index (Phi) is 4.19. The van der Waals surface area contributed by atoms with Crippen LogP contribution in [0.5, 0.6) is 0 Å². The van der Waals surface area contributed by atoms with Gasteiger partial charge in [0.05, 0.1) is 4.90 Å². The van der Waals surface area contributed by atoms with Gasteiger partial charge in [0, 0.05) is 17.5 Å². The minimum Gasteiger partial charge on any atom is -0.381 e. The third-order valence-electron chi connectivity index (χ3n) is 3.03. The van der Waals surface area contributed by atoms with Gasteiger partial charge in [0.1, 0.15) is 0 Å². The number of hydrogen-bond acceptors (Lipinski definition) is 4. The van der Waals surface area contributed by atoms with Crippen molar-refractivity contribution in [1.29, 1.82) is 0 Å². The SMILES string of the molecule is Cc1ccc(NC2CCCSC2)cc1S(N)(=O)=O. The van der Waals surface area contributed by atoms with Gasteiger partial charge in [-0.2, -0.15) is 11.8 Å². The molecule has 0 spiro atoms. The summed E-state index contributed by atoms with van der Waals surface area (Å²) < 4.78 is 22.9. The van der Waals surface area contributed by atoms with Gasteiger partial charge in [-0.3, -0.25) is 0 Å². The van der Waals surface area contributed by atoms with Crippen LogP contribution in [0.25, 0.3) is 0 Å². The monoisotopic (exact) mass is 286 g/mol. The zero-order chi connectivity index (χ0) is 13.2. The van der Waals surface area contributed by atoms with Crippen LogP contribution in [0.3, 0.4) is 0 Å². The van der Waals surface area contributed by atoms with E-state index in [1.807, 2.05) is 17.8 Å². The molecule has 1 heterocycles. The normalized spacial score (nSPS) is 20.7. The van der Waals surface area contributed by atoms with Crippen LogP contribution in [0.4, 0.5) is 5.69 Å². The van der Waals surface area contributed by atoms with E-state index >= 15 is 0 Å². The molecule has 2 rings (SSSR count). The molecule has 6 heteroatoms. The van der Waals surface area contributed by atoms with Gasteiger partial charge in [0.25, 0.3) is 0 Å². The van der Waals surface area contributed by atoms with Crippen LogP contribution in [0.1, 0.15) is 18.4 Å². The lowest BCUT2D eigenvalue weighted by Gasteiger charge is -2.23. The average Bonchev–Trinajstić information content (AvgIpc) is 2.31. The molecule has 1 aliphatic rings. The summed E-state index contributed by atoms with van der Waals surface area (Å²) in [4.78, 5) is 0.205. The van der Waals surface area contributed by atoms with E-state index in [9.17, 15) is 8.42 Å². The molecular weight excluding hydrogens is 268 g/mol. The molecule has 100 valence electrons. The Labute approximate surface area is 112 Å². The number of nitrogens with one attached hydrogen (secondary N) is 1. The third kappa shape index (κ3) is 3.40. The largest absolute Gasteiger partial charge is 0.381 e. The van der Waals surface area contributed by atoms with Crippen molar-refractivity contribution >= 4 is 27.5 Å². The second kappa shape index (κ2) is 5.50. The number of aryl methyl sites for hydroxylation is 1. The van der Waals surface area contributed by atoms with Crippen molar-refractivity contribution in [3.63, 3.8) is 0 Å². The summed E-state index contributed by atoms with van der Waals surface area (Å²) >= 11 is 1.93. The summed E-state index contributed by atoms with van der Waals surface area (Å²) in [5.74, 6) is 2.28. The van der Waals surface area contributed by atoms with Crippen LogP contribution in [-0.4, -0.2) is 26.0 Å². The average molecular weight is 286 g/mol. The molecule has 0 aromatic heterocycles. The lowest BCUT2D eigenvalue weighted by atomic mass is 10.1. The first-order valence-electron chi connectivity index (χ1n) is 5.94. The highest BCUT2D eigenvalue weighted by atomic mass is 32.2. The molecule has 1 unspecified atom stereocenters. The molecule has 1 fully saturated rings. The van der Waals surface area contributed by atoms with Crippen LogP contribution < -0.4 is 10.5 Å². The van der Waals surface area contributed by atoms with Crippen LogP contribution >= 0.6 is 11.8 Å². The lowest BCUT2D eigenvalue weighted by molar-refractivity contribution is 0.597. The van der Waals surface area contributed by atoms with Crippen molar-refractivity contribution in [2.75, 3.05) is 16.8 Å². The van der Waals surface area contributed by atoms with Gasteiger partial charge in [-0.25, -0.2) is 13.6 Å². The highest BCUT2D eigenvalue weighted by Crippen LogP contribution is 2.23. The number of thioether (sulfide) groups is 1. The number of sulfonamides is 1. The third-order valence-corrected chi connectivity index (χ3v) is 5.29. The molecule has 0 saturated carbocycles. The van der Waals surface area contributed by atoms with Gasteiger partial charge in [0.15, 0.2) is 0 Å². The topological polar surface area (TPSA) is 72.2 Å². The van der Waals surface area contributed by atoms with Crippen molar-refractivity contribution in [2.45, 2.75) is 30.7 Å². The van der Waals surface area contributed by atoms with Crippen molar-refractivity contribution < 1.29 is 8.42 Å². The fraction of sp³-hybridized carbons (Fsp3) is 0.500. The Morgan fingerprint density at radius 2 is 2.22 bits per heavy atom. The molecule has 3 N–H and O–H groups in total. The van der Waals surface area contributed by atoms with Crippen molar-refractivity contribution in [2.24, 2.45) is 5.14 Å². The first-order chi connectivity index (χ1) is 8.47. The van der Waals surface area contributed by atoms with Gasteiger partial charge < -0.3 is 5.32 Å². The van der Waals surface area contributed by atoms with E-state index in [1.54, 1.807) is 19.1 Å². The quantitative estimate of drug-likeness (QED) is 0.891. The summed E-state index contributed by atoms with van der Waals surface area (Å²) in [6.07, 6.45) is 2.34. The van der Waals surface area contributed by atoms with E-state index in [1.165, 1.54) is 12.2 Å². The molecule has 1 atom stereocenters. The maximum atomic E-state index is 11.4. The maximum absolute atomic E-state index is 11.4. The summed E-state index contributed by atoms with van der Waals surface area (Å²) in [5.41, 5.74) is 1.51. The molecule has 1 aromatic rings. The van der Waals surface area contributed by atoms with E-state index in [4.69, 9.17) is 5.14 Å². The number of rotatable bonds is 3. The van der Waals surface area contributed by atoms with Crippen LogP contribution in [0, 0.1) is 6.92 Å². The minimum atomic E-state index is -3.64. The highest BCUT2D eigenvalue weighted by Gasteiger charge is 2.16. The van der Waals surface area contributed by atoms with E-state index in [-0.39, 0.29) is 4.90 Å². The Morgan fingerprint density at radius 1 is 1.44 bits per heavy atom. The second-order valence-corrected chi connectivity index (χ2v) is 7.26. The van der Waals surface area contributed by atoms with Crippen LogP contribution in [-0.2, 0) is 10.0 Å². The molecule has 1 saturated heterocycles. The van der Waals surface area contributed by atoms with Gasteiger partial charge in [-0.1, -0.05) is 6.07 Å². The molecule has 0 amide bonds. The zero-order valence-corrected chi connectivity index (χ0v) is 12.0. The number of nitrogens with two attached hydrogens (primary N) is 1. The number of anilines is 1. The predicted molar refractivity (Wildman–Crippen MR) is 76.5 cm³/mol. The van der Waals surface area contributed by atoms with E-state index < -0.39 is 10.0 Å². The molecule has 0 bridgehead atoms. The fourth-order valence-electron chi connectivity index (χ4n) is 2.09. The van der Waals surface area contributed by atoms with E-state index in [0.29, 0.717) is 11.6 Å². The summed E-state index contributed by atoms with van der Waals surface area (Å²) in [7, 11) is -3.64. The molecule has 0 radical (unpaired) electrons. The first-order valence-corrected chi connectivity index (χ1v) is 8.64. The molecule has 0 aliphatic carbocycles. The Bertz CT molecular complexity index is 523. The van der Waals surface area contributed by atoms with Gasteiger partial charge in [-0.05, 0) is 43.2 Å². The molecule has 4 nitrogen and oxygen atoms in total. The Balaban J connectivity index is 2.19. The van der Waals surface area contributed by atoms with Crippen molar-refractivity contribution in [3.05, 3.63) is 23.8 Å². The van der Waals surface area contributed by atoms with Crippen LogP contribution in [0.2, 0.25) is 0 Å². The van der Waals surface area contributed by atoms with E-state index in [0.717, 1.165) is 17.9 Å². The zero-order valence-electron chi connectivity index (χ0n) is 10.3. The van der Waals surface area contributed by atoms with Crippen molar-refractivity contribution in [3.8, 4) is 0 Å². The molecular formula is C12H18N2O2S2. The summed E-state index contributed by atoms with van der Waals surface area (Å²) in [6, 6.07) is 5.74. The van der Waals surface area contributed by atoms with Crippen LogP contribution in [0.15, 0.2) is 23.1 Å². The number of hydrogen-bond donors (Lipinski definition) is 2. The highest BCUT2D eigenvalue weighted by molar-refractivity contribution is 7.99. The standard InChI is InChI=1S/C12H18N2O2S2/c1-9-4-5-10(7-12(9)18(13,15)16)14-11-3-2-6-17-8-11/h4-5,7,11,14H,2-3,6,8H2,1H3,(H2,13,15,16). The predicted octanol–water partition coefficient (Wildman–Crippen LogP) is 1.95. The maximum Gasteiger partial charge on any atom is 0.238 e. The number of primary sulfonamides is 1. The van der Waals surface area contributed by atoms with Gasteiger partial charge >= 0.3 is 0 Å². The lowest BCUT2D eigenvalue weighted by Crippen LogP contribution is -2.26. The fourth-order valence-corrected chi connectivity index (χ4v) is 3.97. The molecule has 1 aliphatic heterocycles. The number of benzene rings is 1. The van der Waals surface area contributed by atoms with Gasteiger partial charge in [-0.15, -0.1) is 0 Å². The summed E-state index contributed by atoms with van der Waals surface area (Å²) in [6.45, 7) is 1.75. The van der Waals surface area contributed by atoms with Gasteiger partial charge in [0.2, 0.25) is 10.0 Å². The summed E-state index contributed by atoms with van der Waals surface area (Å²) in [5, 5.41) is 8.58. The minimum absolute atomic E-state index is 0.205.